The number of nitrogens with zero attached hydrogens (tertiary/aromatic N) is 1. The van der Waals surface area contributed by atoms with Crippen molar-refractivity contribution in [3.8, 4) is 6.07 Å². The third kappa shape index (κ3) is 3.57. The third-order valence-electron chi connectivity index (χ3n) is 4.12. The first-order valence-electron chi connectivity index (χ1n) is 7.77. The molecule has 0 bridgehead atoms. The third-order valence-corrected chi connectivity index (χ3v) is 5.69. The highest BCUT2D eigenvalue weighted by molar-refractivity contribution is 7.16. The van der Waals surface area contributed by atoms with Gasteiger partial charge in [-0.05, 0) is 49.3 Å². The second-order valence-electron chi connectivity index (χ2n) is 5.67. The van der Waals surface area contributed by atoms with Crippen LogP contribution in [0.15, 0.2) is 24.3 Å². The van der Waals surface area contributed by atoms with Gasteiger partial charge in [-0.15, -0.1) is 11.3 Å². The van der Waals surface area contributed by atoms with Gasteiger partial charge in [0.2, 0.25) is 5.91 Å². The molecule has 1 aliphatic rings. The molecule has 0 fully saturated rings. The van der Waals surface area contributed by atoms with Gasteiger partial charge in [0.05, 0.1) is 5.56 Å². The summed E-state index contributed by atoms with van der Waals surface area (Å²) < 4.78 is 0. The molecule has 1 amide bonds. The quantitative estimate of drug-likeness (QED) is 0.872. The maximum Gasteiger partial charge on any atom is 0.225 e. The number of amides is 1. The largest absolute Gasteiger partial charge is 0.317 e. The monoisotopic (exact) mass is 344 g/mol. The first-order valence-corrected chi connectivity index (χ1v) is 8.96. The molecule has 23 heavy (non-hydrogen) atoms. The number of fused-ring (bicyclic) bond motifs is 1. The molecule has 0 aliphatic heterocycles. The highest BCUT2D eigenvalue weighted by Gasteiger charge is 2.21. The minimum absolute atomic E-state index is 0.0694. The number of aryl methyl sites for hydroxylation is 2. The standard InChI is InChI=1S/C18H17ClN2OS/c19-15-7-3-1-5-12(15)9-10-17(22)21-18-14(11-20)13-6-2-4-8-16(13)23-18/h1,3,5,7H,2,4,6,8-10H2,(H,21,22). The van der Waals surface area contributed by atoms with Crippen LogP contribution in [0, 0.1) is 11.3 Å². The molecule has 0 spiro atoms. The van der Waals surface area contributed by atoms with E-state index in [2.05, 4.69) is 11.4 Å². The Morgan fingerprint density at radius 2 is 2.09 bits per heavy atom. The summed E-state index contributed by atoms with van der Waals surface area (Å²) in [6, 6.07) is 9.82. The summed E-state index contributed by atoms with van der Waals surface area (Å²) in [4.78, 5) is 13.5. The molecule has 1 aliphatic carbocycles. The fourth-order valence-corrected chi connectivity index (χ4v) is 4.40. The Morgan fingerprint density at radius 3 is 2.87 bits per heavy atom. The fourth-order valence-electron chi connectivity index (χ4n) is 2.91. The number of halogens is 1. The molecular formula is C18H17ClN2OS. The number of anilines is 1. The van der Waals surface area contributed by atoms with E-state index in [1.807, 2.05) is 24.3 Å². The van der Waals surface area contributed by atoms with Crippen molar-refractivity contribution in [1.29, 1.82) is 5.26 Å². The van der Waals surface area contributed by atoms with E-state index in [0.29, 0.717) is 28.4 Å². The van der Waals surface area contributed by atoms with E-state index >= 15 is 0 Å². The molecule has 1 heterocycles. The molecule has 118 valence electrons. The lowest BCUT2D eigenvalue weighted by Crippen LogP contribution is -2.12. The van der Waals surface area contributed by atoms with Crippen LogP contribution in [0.1, 0.15) is 40.8 Å². The van der Waals surface area contributed by atoms with Gasteiger partial charge in [-0.2, -0.15) is 5.26 Å². The van der Waals surface area contributed by atoms with E-state index < -0.39 is 0 Å². The van der Waals surface area contributed by atoms with Gasteiger partial charge < -0.3 is 5.32 Å². The highest BCUT2D eigenvalue weighted by atomic mass is 35.5. The molecule has 0 saturated carbocycles. The minimum Gasteiger partial charge on any atom is -0.317 e. The first kappa shape index (κ1) is 16.0. The van der Waals surface area contributed by atoms with Crippen molar-refractivity contribution in [2.75, 3.05) is 5.32 Å². The number of benzene rings is 1. The maximum absolute atomic E-state index is 12.2. The van der Waals surface area contributed by atoms with E-state index in [1.54, 1.807) is 11.3 Å². The Labute approximate surface area is 144 Å². The van der Waals surface area contributed by atoms with E-state index in [-0.39, 0.29) is 5.91 Å². The molecule has 0 unspecified atom stereocenters. The number of nitrogens with one attached hydrogen (secondary N) is 1. The van der Waals surface area contributed by atoms with Crippen LogP contribution in [0.3, 0.4) is 0 Å². The lowest BCUT2D eigenvalue weighted by Gasteiger charge is -2.09. The molecule has 2 aromatic rings. The van der Waals surface area contributed by atoms with Crippen molar-refractivity contribution >= 4 is 33.8 Å². The number of carbonyl (C=O) groups is 1. The Bertz CT molecular complexity index is 776. The molecule has 1 aromatic carbocycles. The number of hydrogen-bond acceptors (Lipinski definition) is 3. The summed E-state index contributed by atoms with van der Waals surface area (Å²) in [5.74, 6) is -0.0694. The summed E-state index contributed by atoms with van der Waals surface area (Å²) in [6.45, 7) is 0. The van der Waals surface area contributed by atoms with Gasteiger partial charge in [-0.25, -0.2) is 0 Å². The fraction of sp³-hybridized carbons (Fsp3) is 0.333. The van der Waals surface area contributed by atoms with Crippen LogP contribution >= 0.6 is 22.9 Å². The maximum atomic E-state index is 12.2. The zero-order valence-electron chi connectivity index (χ0n) is 12.7. The van der Waals surface area contributed by atoms with Gasteiger partial charge in [0, 0.05) is 16.3 Å². The van der Waals surface area contributed by atoms with Crippen LogP contribution in [0.4, 0.5) is 5.00 Å². The first-order chi connectivity index (χ1) is 11.2. The molecule has 0 atom stereocenters. The molecule has 0 radical (unpaired) electrons. The predicted molar refractivity (Wildman–Crippen MR) is 94.1 cm³/mol. The molecule has 0 saturated heterocycles. The van der Waals surface area contributed by atoms with E-state index in [0.717, 1.165) is 36.8 Å². The highest BCUT2D eigenvalue weighted by Crippen LogP contribution is 2.37. The van der Waals surface area contributed by atoms with Crippen LogP contribution in [0.2, 0.25) is 5.02 Å². The van der Waals surface area contributed by atoms with Gasteiger partial charge in [-0.1, -0.05) is 29.8 Å². The SMILES string of the molecule is N#Cc1c(NC(=O)CCc2ccccc2Cl)sc2c1CCCC2. The van der Waals surface area contributed by atoms with Crippen LogP contribution in [-0.4, -0.2) is 5.91 Å². The molecule has 5 heteroatoms. The lowest BCUT2D eigenvalue weighted by atomic mass is 9.96. The van der Waals surface area contributed by atoms with Gasteiger partial charge in [0.15, 0.2) is 0 Å². The molecule has 3 rings (SSSR count). The van der Waals surface area contributed by atoms with Crippen molar-refractivity contribution in [2.24, 2.45) is 0 Å². The van der Waals surface area contributed by atoms with E-state index in [4.69, 9.17) is 11.6 Å². The van der Waals surface area contributed by atoms with Gasteiger partial charge in [0.25, 0.3) is 0 Å². The van der Waals surface area contributed by atoms with Crippen molar-refractivity contribution in [3.63, 3.8) is 0 Å². The average Bonchev–Trinajstić information content (AvgIpc) is 2.91. The Morgan fingerprint density at radius 1 is 1.30 bits per heavy atom. The lowest BCUT2D eigenvalue weighted by molar-refractivity contribution is -0.116. The summed E-state index contributed by atoms with van der Waals surface area (Å²) in [6.07, 6.45) is 5.21. The van der Waals surface area contributed by atoms with Crippen LogP contribution < -0.4 is 5.32 Å². The summed E-state index contributed by atoms with van der Waals surface area (Å²) in [5, 5.41) is 13.7. The average molecular weight is 345 g/mol. The second-order valence-corrected chi connectivity index (χ2v) is 7.18. The van der Waals surface area contributed by atoms with E-state index in [9.17, 15) is 10.1 Å². The predicted octanol–water partition coefficient (Wildman–Crippen LogP) is 4.72. The minimum atomic E-state index is -0.0694. The molecule has 1 aromatic heterocycles. The molecular weight excluding hydrogens is 328 g/mol. The summed E-state index contributed by atoms with van der Waals surface area (Å²) >= 11 is 7.67. The summed E-state index contributed by atoms with van der Waals surface area (Å²) in [5.41, 5.74) is 2.77. The van der Waals surface area contributed by atoms with Crippen molar-refractivity contribution in [3.05, 3.63) is 50.9 Å². The normalized spacial score (nSPS) is 13.2. The van der Waals surface area contributed by atoms with Crippen molar-refractivity contribution in [1.82, 2.24) is 0 Å². The Kier molecular flexibility index (Phi) is 5.00. The topological polar surface area (TPSA) is 52.9 Å². The van der Waals surface area contributed by atoms with Crippen molar-refractivity contribution < 1.29 is 4.79 Å². The van der Waals surface area contributed by atoms with E-state index in [1.165, 1.54) is 4.88 Å². The van der Waals surface area contributed by atoms with Gasteiger partial charge in [-0.3, -0.25) is 4.79 Å². The Hall–Kier alpha value is -1.83. The zero-order chi connectivity index (χ0) is 16.2. The number of hydrogen-bond donors (Lipinski definition) is 1. The molecule has 3 nitrogen and oxygen atoms in total. The molecule has 1 N–H and O–H groups in total. The van der Waals surface area contributed by atoms with Crippen LogP contribution in [0.25, 0.3) is 0 Å². The summed E-state index contributed by atoms with van der Waals surface area (Å²) in [7, 11) is 0. The number of thiophene rings is 1. The Balaban J connectivity index is 1.68. The zero-order valence-corrected chi connectivity index (χ0v) is 14.3. The number of carbonyl (C=O) groups excluding carboxylic acids is 1. The second kappa shape index (κ2) is 7.16. The number of rotatable bonds is 4. The van der Waals surface area contributed by atoms with Crippen molar-refractivity contribution in [2.45, 2.75) is 38.5 Å². The number of nitriles is 1. The van der Waals surface area contributed by atoms with Gasteiger partial charge in [0.1, 0.15) is 11.1 Å². The van der Waals surface area contributed by atoms with Gasteiger partial charge >= 0.3 is 0 Å². The smallest absolute Gasteiger partial charge is 0.225 e. The van der Waals surface area contributed by atoms with Crippen LogP contribution in [-0.2, 0) is 24.1 Å². The van der Waals surface area contributed by atoms with Crippen LogP contribution in [0.5, 0.6) is 0 Å².